The lowest BCUT2D eigenvalue weighted by Crippen LogP contribution is -2.31. The molecule has 1 aromatic carbocycles. The molecule has 0 spiro atoms. The molecule has 2 aliphatic rings. The van der Waals surface area contributed by atoms with Gasteiger partial charge in [0.05, 0.1) is 13.2 Å². The van der Waals surface area contributed by atoms with Gasteiger partial charge in [-0.2, -0.15) is 0 Å². The number of hydrogen-bond donors (Lipinski definition) is 0. The fraction of sp³-hybridized carbons (Fsp3) is 0.500. The standard InChI is InChI=1S/C20H26N4O/c1-25-17-8-5-7-16(13-17)18-9-6-12-24(18)20-14-19(21-15-22-20)23-10-3-2-4-11-23/h5,7-8,13-15,18H,2-4,6,9-12H2,1H3. The van der Waals surface area contributed by atoms with Crippen LogP contribution in [0, 0.1) is 0 Å². The molecule has 0 bridgehead atoms. The van der Waals surface area contributed by atoms with Crippen LogP contribution >= 0.6 is 0 Å². The van der Waals surface area contributed by atoms with Crippen molar-refractivity contribution in [3.8, 4) is 5.75 Å². The lowest BCUT2D eigenvalue weighted by atomic mass is 10.0. The van der Waals surface area contributed by atoms with Crippen molar-refractivity contribution >= 4 is 11.6 Å². The molecule has 0 aliphatic carbocycles. The van der Waals surface area contributed by atoms with Crippen LogP contribution in [0.25, 0.3) is 0 Å². The van der Waals surface area contributed by atoms with Crippen molar-refractivity contribution in [2.24, 2.45) is 0 Å². The first-order valence-electron chi connectivity index (χ1n) is 9.33. The van der Waals surface area contributed by atoms with Crippen molar-refractivity contribution in [1.82, 2.24) is 9.97 Å². The maximum absolute atomic E-state index is 5.40. The van der Waals surface area contributed by atoms with Crippen LogP contribution in [-0.2, 0) is 0 Å². The van der Waals surface area contributed by atoms with E-state index in [-0.39, 0.29) is 0 Å². The van der Waals surface area contributed by atoms with Gasteiger partial charge in [-0.25, -0.2) is 9.97 Å². The highest BCUT2D eigenvalue weighted by Crippen LogP contribution is 2.37. The first kappa shape index (κ1) is 16.2. The Kier molecular flexibility index (Phi) is 4.72. The lowest BCUT2D eigenvalue weighted by Gasteiger charge is -2.30. The van der Waals surface area contributed by atoms with Crippen molar-refractivity contribution in [2.45, 2.75) is 38.1 Å². The van der Waals surface area contributed by atoms with Crippen LogP contribution in [0.1, 0.15) is 43.7 Å². The van der Waals surface area contributed by atoms with E-state index in [1.54, 1.807) is 13.4 Å². The molecule has 5 heteroatoms. The third-order valence-electron chi connectivity index (χ3n) is 5.34. The Bertz CT molecular complexity index is 714. The van der Waals surface area contributed by atoms with Gasteiger partial charge in [-0.05, 0) is 49.8 Å². The largest absolute Gasteiger partial charge is 0.497 e. The molecule has 25 heavy (non-hydrogen) atoms. The number of aromatic nitrogens is 2. The van der Waals surface area contributed by atoms with Crippen molar-refractivity contribution in [1.29, 1.82) is 0 Å². The fourth-order valence-electron chi connectivity index (χ4n) is 4.03. The van der Waals surface area contributed by atoms with Crippen LogP contribution in [-0.4, -0.2) is 36.7 Å². The van der Waals surface area contributed by atoms with E-state index in [0.717, 1.165) is 43.4 Å². The predicted molar refractivity (Wildman–Crippen MR) is 100 cm³/mol. The van der Waals surface area contributed by atoms with E-state index in [2.05, 4.69) is 44.0 Å². The molecule has 4 rings (SSSR count). The summed E-state index contributed by atoms with van der Waals surface area (Å²) in [5.41, 5.74) is 1.30. The summed E-state index contributed by atoms with van der Waals surface area (Å²) in [5.74, 6) is 3.03. The fourth-order valence-corrected chi connectivity index (χ4v) is 4.03. The minimum atomic E-state index is 0.360. The molecule has 132 valence electrons. The number of nitrogens with zero attached hydrogens (tertiary/aromatic N) is 4. The second-order valence-corrected chi connectivity index (χ2v) is 6.91. The number of hydrogen-bond acceptors (Lipinski definition) is 5. The van der Waals surface area contributed by atoms with Crippen molar-refractivity contribution in [2.75, 3.05) is 36.5 Å². The Morgan fingerprint density at radius 1 is 0.960 bits per heavy atom. The zero-order chi connectivity index (χ0) is 17.1. The third kappa shape index (κ3) is 3.41. The average molecular weight is 338 g/mol. The molecule has 2 aromatic rings. The summed E-state index contributed by atoms with van der Waals surface area (Å²) in [6.45, 7) is 3.25. The van der Waals surface area contributed by atoms with Crippen molar-refractivity contribution in [3.05, 3.63) is 42.2 Å². The zero-order valence-corrected chi connectivity index (χ0v) is 14.9. The van der Waals surface area contributed by atoms with Gasteiger partial charge < -0.3 is 14.5 Å². The Balaban J connectivity index is 1.59. The van der Waals surface area contributed by atoms with Crippen LogP contribution in [0.15, 0.2) is 36.7 Å². The van der Waals surface area contributed by atoms with E-state index in [1.165, 1.54) is 31.2 Å². The Labute approximate surface area is 149 Å². The van der Waals surface area contributed by atoms with Gasteiger partial charge in [0.15, 0.2) is 0 Å². The highest BCUT2D eigenvalue weighted by atomic mass is 16.5. The Morgan fingerprint density at radius 2 is 1.80 bits per heavy atom. The summed E-state index contributed by atoms with van der Waals surface area (Å²) in [7, 11) is 1.72. The molecule has 1 unspecified atom stereocenters. The van der Waals surface area contributed by atoms with Crippen LogP contribution in [0.2, 0.25) is 0 Å². The van der Waals surface area contributed by atoms with Gasteiger partial charge in [-0.1, -0.05) is 12.1 Å². The summed E-state index contributed by atoms with van der Waals surface area (Å²) in [6, 6.07) is 10.9. The highest BCUT2D eigenvalue weighted by molar-refractivity contribution is 5.53. The van der Waals surface area contributed by atoms with Crippen LogP contribution in [0.3, 0.4) is 0 Å². The quantitative estimate of drug-likeness (QED) is 0.848. The third-order valence-corrected chi connectivity index (χ3v) is 5.34. The number of benzene rings is 1. The molecule has 0 saturated carbocycles. The van der Waals surface area contributed by atoms with Gasteiger partial charge in [0.1, 0.15) is 23.7 Å². The van der Waals surface area contributed by atoms with E-state index in [0.29, 0.717) is 6.04 Å². The molecule has 2 fully saturated rings. The van der Waals surface area contributed by atoms with E-state index in [9.17, 15) is 0 Å². The molecule has 2 aliphatic heterocycles. The summed E-state index contributed by atoms with van der Waals surface area (Å²) in [5, 5.41) is 0. The van der Waals surface area contributed by atoms with Gasteiger partial charge in [-0.3, -0.25) is 0 Å². The molecule has 1 atom stereocenters. The first-order valence-corrected chi connectivity index (χ1v) is 9.33. The number of methoxy groups -OCH3 is 1. The highest BCUT2D eigenvalue weighted by Gasteiger charge is 2.28. The number of piperidine rings is 1. The Morgan fingerprint density at radius 3 is 2.64 bits per heavy atom. The summed E-state index contributed by atoms with van der Waals surface area (Å²) in [6.07, 6.45) is 7.91. The Hall–Kier alpha value is -2.30. The monoisotopic (exact) mass is 338 g/mol. The van der Waals surface area contributed by atoms with E-state index < -0.39 is 0 Å². The molecular formula is C20H26N4O. The van der Waals surface area contributed by atoms with Gasteiger partial charge >= 0.3 is 0 Å². The average Bonchev–Trinajstić information content (AvgIpc) is 3.19. The van der Waals surface area contributed by atoms with E-state index in [4.69, 9.17) is 4.74 Å². The van der Waals surface area contributed by atoms with E-state index in [1.807, 2.05) is 6.07 Å². The van der Waals surface area contributed by atoms with Gasteiger partial charge in [0.2, 0.25) is 0 Å². The van der Waals surface area contributed by atoms with E-state index >= 15 is 0 Å². The van der Waals surface area contributed by atoms with Crippen molar-refractivity contribution in [3.63, 3.8) is 0 Å². The molecule has 0 amide bonds. The predicted octanol–water partition coefficient (Wildman–Crippen LogP) is 3.82. The normalized spacial score (nSPS) is 20.8. The summed E-state index contributed by atoms with van der Waals surface area (Å²) >= 11 is 0. The van der Waals surface area contributed by atoms with Gasteiger partial charge in [0, 0.05) is 25.7 Å². The minimum Gasteiger partial charge on any atom is -0.497 e. The molecule has 5 nitrogen and oxygen atoms in total. The van der Waals surface area contributed by atoms with Crippen LogP contribution in [0.5, 0.6) is 5.75 Å². The number of anilines is 2. The van der Waals surface area contributed by atoms with Crippen molar-refractivity contribution < 1.29 is 4.74 Å². The number of rotatable bonds is 4. The van der Waals surface area contributed by atoms with Gasteiger partial charge in [-0.15, -0.1) is 0 Å². The maximum Gasteiger partial charge on any atom is 0.134 e. The molecule has 1 aromatic heterocycles. The lowest BCUT2D eigenvalue weighted by molar-refractivity contribution is 0.414. The topological polar surface area (TPSA) is 41.5 Å². The first-order chi connectivity index (χ1) is 12.3. The summed E-state index contributed by atoms with van der Waals surface area (Å²) in [4.78, 5) is 13.9. The SMILES string of the molecule is COc1cccc(C2CCCN2c2cc(N3CCCCC3)ncn2)c1. The number of ether oxygens (including phenoxy) is 1. The summed E-state index contributed by atoms with van der Waals surface area (Å²) < 4.78 is 5.40. The molecule has 0 radical (unpaired) electrons. The molecule has 2 saturated heterocycles. The molecular weight excluding hydrogens is 312 g/mol. The van der Waals surface area contributed by atoms with Gasteiger partial charge in [0.25, 0.3) is 0 Å². The molecule has 0 N–H and O–H groups in total. The smallest absolute Gasteiger partial charge is 0.134 e. The van der Waals surface area contributed by atoms with Crippen LogP contribution in [0.4, 0.5) is 11.6 Å². The zero-order valence-electron chi connectivity index (χ0n) is 14.9. The second-order valence-electron chi connectivity index (χ2n) is 6.91. The molecule has 3 heterocycles. The maximum atomic E-state index is 5.40. The van der Waals surface area contributed by atoms with Crippen LogP contribution < -0.4 is 14.5 Å². The minimum absolute atomic E-state index is 0.360. The second kappa shape index (κ2) is 7.30.